The molecule has 15 heteroatoms. The number of cyclic esters (lactones) is 1. The van der Waals surface area contributed by atoms with Crippen molar-refractivity contribution in [3.8, 4) is 29.1 Å². The maximum atomic E-state index is 16.9. The summed E-state index contributed by atoms with van der Waals surface area (Å²) in [5.41, 5.74) is 0.869. The molecular weight excluding hydrogens is 953 g/mol. The van der Waals surface area contributed by atoms with Crippen LogP contribution in [0.4, 0.5) is 10.5 Å². The number of methoxy groups -OCH3 is 3. The number of nitrogens with zero attached hydrogens (tertiary/aromatic N) is 3. The van der Waals surface area contributed by atoms with Gasteiger partial charge in [-0.25, -0.2) is 14.5 Å². The number of anilines is 1. The zero-order chi connectivity index (χ0) is 52.8. The molecule has 388 valence electrons. The number of carbonyl (C=O) groups is 5. The molecule has 4 heterocycles. The second-order valence-electron chi connectivity index (χ2n) is 20.6. The van der Waals surface area contributed by atoms with Gasteiger partial charge in [-0.1, -0.05) is 111 Å². The van der Waals surface area contributed by atoms with Crippen molar-refractivity contribution in [2.45, 2.75) is 107 Å². The zero-order valence-corrected chi connectivity index (χ0v) is 42.8. The van der Waals surface area contributed by atoms with Crippen LogP contribution in [0.2, 0.25) is 0 Å². The van der Waals surface area contributed by atoms with E-state index < -0.39 is 82.9 Å². The third-order valence-corrected chi connectivity index (χ3v) is 15.9. The van der Waals surface area contributed by atoms with E-state index in [4.69, 9.17) is 18.9 Å². The van der Waals surface area contributed by atoms with E-state index in [1.807, 2.05) is 77.7 Å². The molecule has 4 amide bonds. The largest absolute Gasteiger partial charge is 0.508 e. The van der Waals surface area contributed by atoms with Gasteiger partial charge in [0.1, 0.15) is 35.0 Å². The minimum absolute atomic E-state index is 0.0652. The molecule has 0 aromatic heterocycles. The maximum Gasteiger partial charge on any atom is 0.329 e. The number of rotatable bonds is 9. The molecule has 1 saturated carbocycles. The summed E-state index contributed by atoms with van der Waals surface area (Å²) in [4.78, 5) is 82.4. The van der Waals surface area contributed by atoms with E-state index >= 15 is 19.2 Å². The summed E-state index contributed by atoms with van der Waals surface area (Å²) in [6.07, 6.45) is 3.97. The average Bonchev–Trinajstić information content (AvgIpc) is 3.92. The number of ether oxygens (including phenoxy) is 4. The van der Waals surface area contributed by atoms with Gasteiger partial charge in [0.15, 0.2) is 11.5 Å². The Labute approximate surface area is 436 Å². The van der Waals surface area contributed by atoms with Crippen molar-refractivity contribution in [2.24, 2.45) is 11.8 Å². The highest BCUT2D eigenvalue weighted by atomic mass is 16.6. The Hall–Kier alpha value is -7.67. The quantitative estimate of drug-likeness (QED) is 0.0736. The van der Waals surface area contributed by atoms with Crippen molar-refractivity contribution in [1.29, 1.82) is 0 Å². The first-order valence-corrected chi connectivity index (χ1v) is 25.7. The van der Waals surface area contributed by atoms with E-state index in [2.05, 4.69) is 17.2 Å². The number of aromatic hydroxyl groups is 1. The highest BCUT2D eigenvalue weighted by Crippen LogP contribution is 2.66. The van der Waals surface area contributed by atoms with Crippen molar-refractivity contribution >= 4 is 35.5 Å². The van der Waals surface area contributed by atoms with E-state index in [0.29, 0.717) is 47.5 Å². The standard InChI is InChI=1S/C60H62N4O11/c1-36(2)49(55(67)74-5)61-58(70)63-45-25-20-37(26-30-59(71)28-14-6-7-15-29-59)32-44(45)60(57(63)69)48(54(66)62-31-27-41-33-46(72-3)47(73-4)34-42(41)35-62)51-56(68)75-52(39-18-12-9-13-19-39)50(38-16-10-8-11-17-38)64(51)53(60)40-21-23-43(65)24-22-40/h8-13,16-25,32-34,36,48-53,65,71H,6-7,14-15,27-29,31,35H2,1-5H3,(H,61,70)/t48-,49-,50-,51-,52+,53+,60-/m0/s1. The Morgan fingerprint density at radius 3 is 2.04 bits per heavy atom. The minimum Gasteiger partial charge on any atom is -0.508 e. The fourth-order valence-corrected chi connectivity index (χ4v) is 12.3. The van der Waals surface area contributed by atoms with Gasteiger partial charge < -0.3 is 39.4 Å². The van der Waals surface area contributed by atoms with Crippen molar-refractivity contribution in [3.63, 3.8) is 0 Å². The van der Waals surface area contributed by atoms with E-state index in [-0.39, 0.29) is 30.1 Å². The number of phenols is 1. The van der Waals surface area contributed by atoms with Crippen LogP contribution in [0.25, 0.3) is 0 Å². The predicted molar refractivity (Wildman–Crippen MR) is 277 cm³/mol. The molecule has 4 aliphatic heterocycles. The summed E-state index contributed by atoms with van der Waals surface area (Å²) in [6, 6.07) is 28.1. The monoisotopic (exact) mass is 1010 g/mol. The molecule has 15 nitrogen and oxygen atoms in total. The van der Waals surface area contributed by atoms with Crippen molar-refractivity contribution in [3.05, 3.63) is 154 Å². The average molecular weight is 1020 g/mol. The van der Waals surface area contributed by atoms with Gasteiger partial charge in [-0.2, -0.15) is 0 Å². The molecule has 7 atom stereocenters. The fraction of sp³-hybridized carbons (Fsp3) is 0.383. The van der Waals surface area contributed by atoms with E-state index in [1.54, 1.807) is 56.2 Å². The number of hydrogen-bond donors (Lipinski definition) is 3. The van der Waals surface area contributed by atoms with Gasteiger partial charge in [0.2, 0.25) is 11.8 Å². The minimum atomic E-state index is -2.14. The number of imide groups is 1. The third-order valence-electron chi connectivity index (χ3n) is 15.9. The van der Waals surface area contributed by atoms with Crippen molar-refractivity contribution in [1.82, 2.24) is 15.1 Å². The molecule has 0 bridgehead atoms. The molecule has 1 aliphatic carbocycles. The smallest absolute Gasteiger partial charge is 0.329 e. The number of carbonyl (C=O) groups excluding carboxylic acids is 5. The molecule has 3 fully saturated rings. The fourth-order valence-electron chi connectivity index (χ4n) is 12.3. The Balaban J connectivity index is 1.26. The second kappa shape index (κ2) is 20.6. The van der Waals surface area contributed by atoms with Crippen molar-refractivity contribution in [2.75, 3.05) is 32.8 Å². The van der Waals surface area contributed by atoms with Crippen LogP contribution in [0, 0.1) is 23.7 Å². The maximum absolute atomic E-state index is 16.9. The molecule has 5 aromatic carbocycles. The summed E-state index contributed by atoms with van der Waals surface area (Å²) < 4.78 is 23.2. The van der Waals surface area contributed by atoms with Gasteiger partial charge in [0.05, 0.1) is 45.0 Å². The lowest BCUT2D eigenvalue weighted by molar-refractivity contribution is -0.179. The van der Waals surface area contributed by atoms with Crippen LogP contribution in [-0.4, -0.2) is 95.4 Å². The summed E-state index contributed by atoms with van der Waals surface area (Å²) in [7, 11) is 4.31. The first-order valence-electron chi connectivity index (χ1n) is 25.7. The number of morpholine rings is 1. The molecule has 10 rings (SSSR count). The lowest BCUT2D eigenvalue weighted by Gasteiger charge is -2.46. The summed E-state index contributed by atoms with van der Waals surface area (Å²) >= 11 is 0. The van der Waals surface area contributed by atoms with E-state index in [1.165, 1.54) is 26.4 Å². The third kappa shape index (κ3) is 8.93. The molecule has 5 aromatic rings. The van der Waals surface area contributed by atoms with Crippen LogP contribution in [0.1, 0.15) is 110 Å². The topological polar surface area (TPSA) is 184 Å². The SMILES string of the molecule is COC(=O)[C@@H](NC(=O)N1C(=O)[C@@]2(c3cc(C#CC4(O)CCCCCC4)ccc31)[C@H](C(=O)N1CCc3cc(OC)c(OC)cc3C1)[C@H]1C(=O)O[C@H](c3ccccc3)[C@H](c3ccccc3)N1[C@@H]2c1ccc(O)cc1)C(C)C. The Morgan fingerprint density at radius 1 is 0.773 bits per heavy atom. The number of nitrogens with one attached hydrogen (secondary N) is 1. The first kappa shape index (κ1) is 50.8. The molecule has 2 saturated heterocycles. The Bertz CT molecular complexity index is 3070. The molecule has 3 N–H and O–H groups in total. The summed E-state index contributed by atoms with van der Waals surface area (Å²) in [5.74, 6) is 2.41. The highest BCUT2D eigenvalue weighted by molar-refractivity contribution is 6.25. The zero-order valence-electron chi connectivity index (χ0n) is 42.8. The number of fused-ring (bicyclic) bond motifs is 4. The Kier molecular flexibility index (Phi) is 13.9. The number of urea groups is 1. The van der Waals surface area contributed by atoms with Crippen LogP contribution in [0.15, 0.2) is 115 Å². The van der Waals surface area contributed by atoms with Crippen LogP contribution < -0.4 is 19.7 Å². The van der Waals surface area contributed by atoms with Crippen LogP contribution in [0.3, 0.4) is 0 Å². The number of phenolic OH excluding ortho intramolecular Hbond substituents is 1. The number of benzene rings is 5. The first-order chi connectivity index (χ1) is 36.2. The molecule has 0 radical (unpaired) electrons. The van der Waals surface area contributed by atoms with Gasteiger partial charge in [0.25, 0.3) is 0 Å². The highest BCUT2D eigenvalue weighted by Gasteiger charge is 2.76. The summed E-state index contributed by atoms with van der Waals surface area (Å²) in [6.45, 7) is 3.74. The number of hydrogen-bond acceptors (Lipinski definition) is 12. The van der Waals surface area contributed by atoms with Gasteiger partial charge in [0, 0.05) is 18.7 Å². The number of amides is 4. The van der Waals surface area contributed by atoms with Gasteiger partial charge in [-0.3, -0.25) is 19.3 Å². The Morgan fingerprint density at radius 2 is 1.41 bits per heavy atom. The second-order valence-corrected chi connectivity index (χ2v) is 20.6. The van der Waals surface area contributed by atoms with Crippen LogP contribution >= 0.6 is 0 Å². The van der Waals surface area contributed by atoms with Gasteiger partial charge in [-0.05, 0) is 114 Å². The molecule has 0 unspecified atom stereocenters. The number of esters is 2. The lowest BCUT2D eigenvalue weighted by Crippen LogP contribution is -2.58. The van der Waals surface area contributed by atoms with Crippen molar-refractivity contribution < 1.29 is 53.1 Å². The van der Waals surface area contributed by atoms with Gasteiger partial charge in [-0.15, -0.1) is 0 Å². The molecule has 5 aliphatic rings. The normalized spacial score (nSPS) is 24.2. The molecule has 1 spiro atoms. The van der Waals surface area contributed by atoms with E-state index in [9.17, 15) is 15.0 Å². The molecular formula is C60H62N4O11. The summed E-state index contributed by atoms with van der Waals surface area (Å²) in [5, 5.41) is 25.5. The van der Waals surface area contributed by atoms with E-state index in [0.717, 1.165) is 47.3 Å². The van der Waals surface area contributed by atoms with Crippen LogP contribution in [0.5, 0.6) is 17.2 Å². The predicted octanol–water partition coefficient (Wildman–Crippen LogP) is 8.00. The molecule has 75 heavy (non-hydrogen) atoms. The number of aliphatic hydroxyl groups is 1. The van der Waals surface area contributed by atoms with Crippen LogP contribution in [-0.2, 0) is 47.0 Å². The van der Waals surface area contributed by atoms with Gasteiger partial charge >= 0.3 is 18.0 Å². The lowest BCUT2D eigenvalue weighted by atomic mass is 9.64.